The minimum atomic E-state index is 0.304. The Morgan fingerprint density at radius 3 is 2.65 bits per heavy atom. The van der Waals surface area contributed by atoms with Crippen molar-refractivity contribution in [3.63, 3.8) is 0 Å². The van der Waals surface area contributed by atoms with E-state index in [1.807, 2.05) is 30.5 Å². The molecule has 4 heteroatoms. The van der Waals surface area contributed by atoms with E-state index in [1.54, 1.807) is 7.11 Å². The fourth-order valence-electron chi connectivity index (χ4n) is 2.85. The van der Waals surface area contributed by atoms with E-state index in [1.165, 1.54) is 22.4 Å². The number of fused-ring (bicyclic) bond motifs is 1. The molecule has 0 bridgehead atoms. The normalized spacial score (nSPS) is 12.4. The highest BCUT2D eigenvalue weighted by molar-refractivity contribution is 5.67. The first kappa shape index (κ1) is 13.8. The van der Waals surface area contributed by atoms with Crippen LogP contribution in [0.2, 0.25) is 0 Å². The van der Waals surface area contributed by atoms with Gasteiger partial charge < -0.3 is 19.2 Å². The van der Waals surface area contributed by atoms with Gasteiger partial charge in [0.15, 0.2) is 11.5 Å². The van der Waals surface area contributed by atoms with Crippen LogP contribution in [0.15, 0.2) is 54.7 Å². The van der Waals surface area contributed by atoms with E-state index in [-0.39, 0.29) is 0 Å². The summed E-state index contributed by atoms with van der Waals surface area (Å²) in [5.41, 5.74) is 4.73. The zero-order valence-electron chi connectivity index (χ0n) is 12.8. The van der Waals surface area contributed by atoms with E-state index in [4.69, 9.17) is 14.2 Å². The third-order valence-electron chi connectivity index (χ3n) is 4.05. The molecule has 3 aromatic rings. The molecule has 0 atom stereocenters. The lowest BCUT2D eigenvalue weighted by Gasteiger charge is -2.07. The zero-order chi connectivity index (χ0) is 15.6. The number of rotatable bonds is 4. The van der Waals surface area contributed by atoms with Crippen molar-refractivity contribution in [2.45, 2.75) is 6.42 Å². The molecule has 0 fully saturated rings. The van der Waals surface area contributed by atoms with Gasteiger partial charge in [-0.1, -0.05) is 18.2 Å². The monoisotopic (exact) mass is 307 g/mol. The summed E-state index contributed by atoms with van der Waals surface area (Å²) in [5.74, 6) is 2.50. The molecule has 0 saturated heterocycles. The summed E-state index contributed by atoms with van der Waals surface area (Å²) in [6, 6.07) is 16.3. The van der Waals surface area contributed by atoms with Gasteiger partial charge in [0, 0.05) is 23.9 Å². The van der Waals surface area contributed by atoms with Gasteiger partial charge in [-0.3, -0.25) is 0 Å². The lowest BCUT2D eigenvalue weighted by molar-refractivity contribution is 0.174. The van der Waals surface area contributed by atoms with Gasteiger partial charge in [0.05, 0.1) is 7.11 Å². The van der Waals surface area contributed by atoms with Crippen LogP contribution in [0, 0.1) is 0 Å². The molecule has 0 saturated carbocycles. The van der Waals surface area contributed by atoms with Crippen LogP contribution < -0.4 is 14.2 Å². The Labute approximate surface area is 134 Å². The van der Waals surface area contributed by atoms with Crippen LogP contribution >= 0.6 is 0 Å². The van der Waals surface area contributed by atoms with E-state index in [0.717, 1.165) is 23.7 Å². The Morgan fingerprint density at radius 1 is 1.00 bits per heavy atom. The minimum Gasteiger partial charge on any atom is -0.497 e. The predicted octanol–water partition coefficient (Wildman–Crippen LogP) is 4.01. The Morgan fingerprint density at radius 2 is 1.83 bits per heavy atom. The van der Waals surface area contributed by atoms with Crippen LogP contribution in [0.3, 0.4) is 0 Å². The van der Waals surface area contributed by atoms with Crippen molar-refractivity contribution in [3.05, 3.63) is 66.0 Å². The number of hydrogen-bond acceptors (Lipinski definition) is 3. The smallest absolute Gasteiger partial charge is 0.231 e. The topological polar surface area (TPSA) is 43.5 Å². The largest absolute Gasteiger partial charge is 0.497 e. The number of ether oxygens (including phenoxy) is 3. The van der Waals surface area contributed by atoms with Gasteiger partial charge >= 0.3 is 0 Å². The van der Waals surface area contributed by atoms with Crippen molar-refractivity contribution >= 4 is 0 Å². The molecule has 0 spiro atoms. The molecule has 2 heterocycles. The van der Waals surface area contributed by atoms with Crippen LogP contribution in [0.25, 0.3) is 11.1 Å². The van der Waals surface area contributed by atoms with E-state index < -0.39 is 0 Å². The molecule has 1 N–H and O–H groups in total. The Bertz CT molecular complexity index is 821. The van der Waals surface area contributed by atoms with Crippen molar-refractivity contribution in [2.75, 3.05) is 13.9 Å². The molecule has 1 aromatic heterocycles. The maximum absolute atomic E-state index is 5.45. The summed E-state index contributed by atoms with van der Waals surface area (Å²) in [5, 5.41) is 0. The fraction of sp³-hybridized carbons (Fsp3) is 0.158. The van der Waals surface area contributed by atoms with Gasteiger partial charge in [0.1, 0.15) is 5.75 Å². The Kier molecular flexibility index (Phi) is 3.42. The molecule has 1 aliphatic heterocycles. The summed E-state index contributed by atoms with van der Waals surface area (Å²) >= 11 is 0. The number of aromatic amines is 1. The molecule has 1 aliphatic rings. The average Bonchev–Trinajstić information content (AvgIpc) is 3.23. The standard InChI is InChI=1S/C19H17NO3/c1-21-15-5-3-14(4-6-15)16-8-9-20-17(16)10-13-2-7-18-19(11-13)23-12-22-18/h2-9,11,20H,10,12H2,1H3. The van der Waals surface area contributed by atoms with E-state index >= 15 is 0 Å². The molecule has 0 unspecified atom stereocenters. The predicted molar refractivity (Wildman–Crippen MR) is 88.2 cm³/mol. The highest BCUT2D eigenvalue weighted by Crippen LogP contribution is 2.34. The van der Waals surface area contributed by atoms with Crippen molar-refractivity contribution in [1.29, 1.82) is 0 Å². The maximum atomic E-state index is 5.45. The van der Waals surface area contributed by atoms with Crippen LogP contribution in [0.5, 0.6) is 17.2 Å². The second-order valence-electron chi connectivity index (χ2n) is 5.46. The van der Waals surface area contributed by atoms with Crippen LogP contribution in [-0.4, -0.2) is 18.9 Å². The van der Waals surface area contributed by atoms with Crippen LogP contribution in [0.1, 0.15) is 11.3 Å². The molecule has 0 aliphatic carbocycles. The first-order valence-corrected chi connectivity index (χ1v) is 7.53. The van der Waals surface area contributed by atoms with Crippen molar-refractivity contribution < 1.29 is 14.2 Å². The first-order valence-electron chi connectivity index (χ1n) is 7.53. The van der Waals surface area contributed by atoms with E-state index in [2.05, 4.69) is 29.2 Å². The number of aromatic nitrogens is 1. The van der Waals surface area contributed by atoms with Gasteiger partial charge in [0.2, 0.25) is 6.79 Å². The molecule has 4 nitrogen and oxygen atoms in total. The Balaban J connectivity index is 1.61. The molecule has 116 valence electrons. The molecule has 4 rings (SSSR count). The maximum Gasteiger partial charge on any atom is 0.231 e. The third-order valence-corrected chi connectivity index (χ3v) is 4.05. The summed E-state index contributed by atoms with van der Waals surface area (Å²) in [4.78, 5) is 3.35. The summed E-state index contributed by atoms with van der Waals surface area (Å²) in [6.07, 6.45) is 2.78. The van der Waals surface area contributed by atoms with Gasteiger partial charge in [-0.25, -0.2) is 0 Å². The minimum absolute atomic E-state index is 0.304. The molecular weight excluding hydrogens is 290 g/mol. The van der Waals surface area contributed by atoms with Gasteiger partial charge in [-0.15, -0.1) is 0 Å². The summed E-state index contributed by atoms with van der Waals surface area (Å²) < 4.78 is 16.0. The van der Waals surface area contributed by atoms with Crippen LogP contribution in [0.4, 0.5) is 0 Å². The zero-order valence-corrected chi connectivity index (χ0v) is 12.8. The van der Waals surface area contributed by atoms with Gasteiger partial charge in [-0.05, 0) is 41.5 Å². The summed E-state index contributed by atoms with van der Waals surface area (Å²) in [6.45, 7) is 0.304. The lowest BCUT2D eigenvalue weighted by atomic mass is 10.0. The second-order valence-corrected chi connectivity index (χ2v) is 5.46. The molecule has 0 radical (unpaired) electrons. The number of H-pyrrole nitrogens is 1. The van der Waals surface area contributed by atoms with Crippen molar-refractivity contribution in [2.24, 2.45) is 0 Å². The molecule has 23 heavy (non-hydrogen) atoms. The Hall–Kier alpha value is -2.88. The number of hydrogen-bond donors (Lipinski definition) is 1. The van der Waals surface area contributed by atoms with Gasteiger partial charge in [-0.2, -0.15) is 0 Å². The van der Waals surface area contributed by atoms with Crippen LogP contribution in [-0.2, 0) is 6.42 Å². The number of nitrogens with one attached hydrogen (secondary N) is 1. The average molecular weight is 307 g/mol. The molecule has 2 aromatic carbocycles. The number of methoxy groups -OCH3 is 1. The molecule has 0 amide bonds. The summed E-state index contributed by atoms with van der Waals surface area (Å²) in [7, 11) is 1.68. The fourth-order valence-corrected chi connectivity index (χ4v) is 2.85. The quantitative estimate of drug-likeness (QED) is 0.792. The first-order chi connectivity index (χ1) is 11.3. The second kappa shape index (κ2) is 5.72. The van der Waals surface area contributed by atoms with E-state index in [0.29, 0.717) is 6.79 Å². The molecular formula is C19H17NO3. The van der Waals surface area contributed by atoms with Gasteiger partial charge in [0.25, 0.3) is 0 Å². The van der Waals surface area contributed by atoms with E-state index in [9.17, 15) is 0 Å². The SMILES string of the molecule is COc1ccc(-c2cc[nH]c2Cc2ccc3c(c2)OCO3)cc1. The lowest BCUT2D eigenvalue weighted by Crippen LogP contribution is -1.93. The van der Waals surface area contributed by atoms with Crippen molar-refractivity contribution in [1.82, 2.24) is 4.98 Å². The highest BCUT2D eigenvalue weighted by atomic mass is 16.7. The third kappa shape index (κ3) is 2.63. The number of benzene rings is 2. The highest BCUT2D eigenvalue weighted by Gasteiger charge is 2.14. The van der Waals surface area contributed by atoms with Crippen molar-refractivity contribution in [3.8, 4) is 28.4 Å².